The average Bonchev–Trinajstić information content (AvgIpc) is 2.91. The molecule has 5 heteroatoms. The van der Waals surface area contributed by atoms with E-state index in [9.17, 15) is 4.79 Å². The van der Waals surface area contributed by atoms with Gasteiger partial charge in [0.25, 0.3) is 0 Å². The maximum Gasteiger partial charge on any atom is 0.247 e. The molecule has 1 atom stereocenters. The summed E-state index contributed by atoms with van der Waals surface area (Å²) in [5.74, 6) is -0.103. The van der Waals surface area contributed by atoms with Crippen LogP contribution < -0.4 is 5.32 Å². The lowest BCUT2D eigenvalue weighted by molar-refractivity contribution is -0.118. The first kappa shape index (κ1) is 15.1. The van der Waals surface area contributed by atoms with Gasteiger partial charge in [-0.05, 0) is 43.3 Å². The van der Waals surface area contributed by atoms with Crippen LogP contribution >= 0.6 is 27.5 Å². The molecule has 0 aliphatic carbocycles. The first-order valence-corrected chi connectivity index (χ1v) is 8.05. The zero-order valence-electron chi connectivity index (χ0n) is 11.9. The topological polar surface area (TPSA) is 34.0 Å². The van der Waals surface area contributed by atoms with Crippen molar-refractivity contribution in [2.75, 3.05) is 5.32 Å². The fourth-order valence-electron chi connectivity index (χ4n) is 2.40. The van der Waals surface area contributed by atoms with Crippen molar-refractivity contribution >= 4 is 50.0 Å². The number of nitrogens with one attached hydrogen (secondary N) is 1. The highest BCUT2D eigenvalue weighted by atomic mass is 79.9. The molecule has 3 rings (SSSR count). The van der Waals surface area contributed by atoms with Crippen LogP contribution in [0.2, 0.25) is 5.02 Å². The van der Waals surface area contributed by atoms with Crippen molar-refractivity contribution in [1.82, 2.24) is 4.57 Å². The minimum atomic E-state index is -0.338. The third-order valence-corrected chi connectivity index (χ3v) is 4.43. The maximum atomic E-state index is 12.5. The number of fused-ring (bicyclic) bond motifs is 1. The number of para-hydroxylation sites is 1. The van der Waals surface area contributed by atoms with E-state index in [0.717, 1.165) is 15.4 Å². The minimum absolute atomic E-state index is 0.103. The SMILES string of the molecule is CC(C(=O)Nc1ccccc1Cl)n1ccc2cc(Br)ccc21. The lowest BCUT2D eigenvalue weighted by Crippen LogP contribution is -2.23. The second-order valence-electron chi connectivity index (χ2n) is 5.07. The molecule has 1 aromatic heterocycles. The second kappa shape index (κ2) is 6.15. The number of anilines is 1. The van der Waals surface area contributed by atoms with E-state index in [4.69, 9.17) is 11.6 Å². The Morgan fingerprint density at radius 2 is 2.00 bits per heavy atom. The Morgan fingerprint density at radius 1 is 1.23 bits per heavy atom. The number of carbonyl (C=O) groups excluding carboxylic acids is 1. The molecular formula is C17H14BrClN2O. The van der Waals surface area contributed by atoms with Gasteiger partial charge in [0.2, 0.25) is 5.91 Å². The Labute approximate surface area is 142 Å². The van der Waals surface area contributed by atoms with E-state index in [0.29, 0.717) is 10.7 Å². The molecule has 1 N–H and O–H groups in total. The highest BCUT2D eigenvalue weighted by molar-refractivity contribution is 9.10. The van der Waals surface area contributed by atoms with Gasteiger partial charge < -0.3 is 9.88 Å². The van der Waals surface area contributed by atoms with Gasteiger partial charge in [-0.3, -0.25) is 4.79 Å². The predicted molar refractivity (Wildman–Crippen MR) is 94.4 cm³/mol. The van der Waals surface area contributed by atoms with Crippen molar-refractivity contribution in [1.29, 1.82) is 0 Å². The van der Waals surface area contributed by atoms with Crippen molar-refractivity contribution in [2.24, 2.45) is 0 Å². The Kier molecular flexibility index (Phi) is 4.23. The van der Waals surface area contributed by atoms with Crippen molar-refractivity contribution in [3.05, 3.63) is 64.2 Å². The van der Waals surface area contributed by atoms with Crippen LogP contribution in [0.3, 0.4) is 0 Å². The van der Waals surface area contributed by atoms with Crippen molar-refractivity contribution in [3.63, 3.8) is 0 Å². The van der Waals surface area contributed by atoms with Crippen LogP contribution in [-0.4, -0.2) is 10.5 Å². The molecule has 1 unspecified atom stereocenters. The van der Waals surface area contributed by atoms with Crippen LogP contribution in [-0.2, 0) is 4.79 Å². The van der Waals surface area contributed by atoms with Crippen molar-refractivity contribution in [2.45, 2.75) is 13.0 Å². The van der Waals surface area contributed by atoms with Gasteiger partial charge in [-0.25, -0.2) is 0 Å². The van der Waals surface area contributed by atoms with Gasteiger partial charge in [-0.1, -0.05) is 39.7 Å². The van der Waals surface area contributed by atoms with Gasteiger partial charge in [0.15, 0.2) is 0 Å². The Bertz CT molecular complexity index is 844. The quantitative estimate of drug-likeness (QED) is 0.664. The summed E-state index contributed by atoms with van der Waals surface area (Å²) in [6, 6.07) is 14.9. The number of halogens is 2. The van der Waals surface area contributed by atoms with E-state index in [-0.39, 0.29) is 11.9 Å². The fourth-order valence-corrected chi connectivity index (χ4v) is 2.96. The molecule has 1 heterocycles. The molecule has 0 spiro atoms. The van der Waals surface area contributed by atoms with E-state index in [1.807, 2.05) is 54.1 Å². The molecule has 0 saturated heterocycles. The summed E-state index contributed by atoms with van der Waals surface area (Å²) < 4.78 is 2.97. The number of aromatic nitrogens is 1. The maximum absolute atomic E-state index is 12.5. The fraction of sp³-hybridized carbons (Fsp3) is 0.118. The molecular weight excluding hydrogens is 364 g/mol. The number of rotatable bonds is 3. The highest BCUT2D eigenvalue weighted by Gasteiger charge is 2.17. The van der Waals surface area contributed by atoms with Crippen LogP contribution in [0.5, 0.6) is 0 Å². The zero-order chi connectivity index (χ0) is 15.7. The smallest absolute Gasteiger partial charge is 0.247 e. The Balaban J connectivity index is 1.87. The van der Waals surface area contributed by atoms with Gasteiger partial charge in [0.05, 0.1) is 10.7 Å². The molecule has 1 amide bonds. The number of nitrogens with zero attached hydrogens (tertiary/aromatic N) is 1. The summed E-state index contributed by atoms with van der Waals surface area (Å²) in [5.41, 5.74) is 1.64. The minimum Gasteiger partial charge on any atom is -0.335 e. The van der Waals surface area contributed by atoms with Gasteiger partial charge >= 0.3 is 0 Å². The van der Waals surface area contributed by atoms with E-state index >= 15 is 0 Å². The summed E-state index contributed by atoms with van der Waals surface area (Å²) >= 11 is 9.54. The lowest BCUT2D eigenvalue weighted by atomic mass is 10.2. The monoisotopic (exact) mass is 376 g/mol. The molecule has 0 aliphatic rings. The van der Waals surface area contributed by atoms with Crippen LogP contribution in [0.1, 0.15) is 13.0 Å². The molecule has 0 bridgehead atoms. The standard InChI is InChI=1S/C17H14BrClN2O/c1-11(17(22)20-15-5-3-2-4-14(15)19)21-9-8-12-10-13(18)6-7-16(12)21/h2-11H,1H3,(H,20,22). The summed E-state index contributed by atoms with van der Waals surface area (Å²) in [5, 5.41) is 4.49. The Morgan fingerprint density at radius 3 is 2.77 bits per heavy atom. The van der Waals surface area contributed by atoms with Gasteiger partial charge in [-0.2, -0.15) is 0 Å². The molecule has 3 nitrogen and oxygen atoms in total. The van der Waals surface area contributed by atoms with E-state index < -0.39 is 0 Å². The van der Waals surface area contributed by atoms with Gasteiger partial charge in [-0.15, -0.1) is 0 Å². The zero-order valence-corrected chi connectivity index (χ0v) is 14.2. The first-order chi connectivity index (χ1) is 10.6. The molecule has 0 aliphatic heterocycles. The first-order valence-electron chi connectivity index (χ1n) is 6.88. The largest absolute Gasteiger partial charge is 0.335 e. The molecule has 2 aromatic carbocycles. The number of carbonyl (C=O) groups is 1. The molecule has 112 valence electrons. The number of amides is 1. The summed E-state index contributed by atoms with van der Waals surface area (Å²) in [6.45, 7) is 1.87. The van der Waals surface area contributed by atoms with E-state index in [2.05, 4.69) is 21.2 Å². The molecule has 0 fully saturated rings. The summed E-state index contributed by atoms with van der Waals surface area (Å²) in [4.78, 5) is 12.5. The Hall–Kier alpha value is -1.78. The third-order valence-electron chi connectivity index (χ3n) is 3.61. The molecule has 3 aromatic rings. The second-order valence-corrected chi connectivity index (χ2v) is 6.39. The lowest BCUT2D eigenvalue weighted by Gasteiger charge is -2.16. The number of hydrogen-bond acceptors (Lipinski definition) is 1. The van der Waals surface area contributed by atoms with Crippen LogP contribution in [0.4, 0.5) is 5.69 Å². The normalized spacial score (nSPS) is 12.3. The van der Waals surface area contributed by atoms with Crippen LogP contribution in [0.15, 0.2) is 59.2 Å². The van der Waals surface area contributed by atoms with E-state index in [1.165, 1.54) is 0 Å². The third kappa shape index (κ3) is 2.89. The predicted octanol–water partition coefficient (Wildman–Crippen LogP) is 5.26. The number of benzene rings is 2. The van der Waals surface area contributed by atoms with E-state index in [1.54, 1.807) is 12.1 Å². The molecule has 0 radical (unpaired) electrons. The summed E-state index contributed by atoms with van der Waals surface area (Å²) in [6.07, 6.45) is 1.92. The van der Waals surface area contributed by atoms with Crippen molar-refractivity contribution < 1.29 is 4.79 Å². The number of hydrogen-bond donors (Lipinski definition) is 1. The summed E-state index contributed by atoms with van der Waals surface area (Å²) in [7, 11) is 0. The molecule has 22 heavy (non-hydrogen) atoms. The average molecular weight is 378 g/mol. The van der Waals surface area contributed by atoms with Crippen LogP contribution in [0, 0.1) is 0 Å². The molecule has 0 saturated carbocycles. The van der Waals surface area contributed by atoms with Crippen LogP contribution in [0.25, 0.3) is 10.9 Å². The van der Waals surface area contributed by atoms with Crippen molar-refractivity contribution in [3.8, 4) is 0 Å². The highest BCUT2D eigenvalue weighted by Crippen LogP contribution is 2.26. The van der Waals surface area contributed by atoms with Gasteiger partial charge in [0, 0.05) is 21.6 Å². The van der Waals surface area contributed by atoms with Gasteiger partial charge in [0.1, 0.15) is 6.04 Å².